The maximum atomic E-state index is 12.7. The lowest BCUT2D eigenvalue weighted by molar-refractivity contribution is -0.144. The summed E-state index contributed by atoms with van der Waals surface area (Å²) in [5.41, 5.74) is 0. The van der Waals surface area contributed by atoms with Crippen LogP contribution in [-0.2, 0) is 21.4 Å². The molecule has 1 aromatic rings. The first-order valence-corrected chi connectivity index (χ1v) is 8.10. The van der Waals surface area contributed by atoms with Crippen molar-refractivity contribution in [1.29, 1.82) is 0 Å². The molecule has 0 aromatic carbocycles. The molecule has 0 amide bonds. The first kappa shape index (κ1) is 15.0. The first-order valence-electron chi connectivity index (χ1n) is 6.66. The molecule has 0 spiro atoms. The molecular formula is C12H19N3O4S. The molecule has 1 saturated heterocycles. The van der Waals surface area contributed by atoms with E-state index in [1.807, 2.05) is 6.92 Å². The molecule has 0 unspecified atom stereocenters. The zero-order valence-electron chi connectivity index (χ0n) is 11.6. The summed E-state index contributed by atoms with van der Waals surface area (Å²) < 4.78 is 28.1. The summed E-state index contributed by atoms with van der Waals surface area (Å²) in [6.45, 7) is 4.27. The highest BCUT2D eigenvalue weighted by Gasteiger charge is 2.40. The number of rotatable bonds is 4. The second kappa shape index (κ2) is 5.53. The minimum absolute atomic E-state index is 0.123. The number of hydrogen-bond acceptors (Lipinski definition) is 4. The fourth-order valence-electron chi connectivity index (χ4n) is 2.68. The summed E-state index contributed by atoms with van der Waals surface area (Å²) in [6, 6.07) is 0.905. The third kappa shape index (κ3) is 2.45. The van der Waals surface area contributed by atoms with Crippen LogP contribution in [0.1, 0.15) is 26.7 Å². The monoisotopic (exact) mass is 301 g/mol. The molecule has 1 fully saturated rings. The van der Waals surface area contributed by atoms with Crippen molar-refractivity contribution in [1.82, 2.24) is 14.1 Å². The van der Waals surface area contributed by atoms with Gasteiger partial charge in [-0.2, -0.15) is 9.40 Å². The number of piperidine rings is 1. The van der Waals surface area contributed by atoms with Gasteiger partial charge < -0.3 is 5.11 Å². The lowest BCUT2D eigenvalue weighted by Gasteiger charge is -2.36. The molecule has 0 radical (unpaired) electrons. The first-order chi connectivity index (χ1) is 9.39. The second-order valence-electron chi connectivity index (χ2n) is 4.93. The zero-order chi connectivity index (χ0) is 14.9. The Labute approximate surface area is 118 Å². The van der Waals surface area contributed by atoms with Crippen LogP contribution in [0.25, 0.3) is 0 Å². The largest absolute Gasteiger partial charge is 0.481 e. The molecule has 1 aliphatic heterocycles. The Bertz CT molecular complexity index is 596. The molecule has 20 heavy (non-hydrogen) atoms. The Morgan fingerprint density at radius 2 is 2.25 bits per heavy atom. The highest BCUT2D eigenvalue weighted by molar-refractivity contribution is 7.89. The van der Waals surface area contributed by atoms with Crippen molar-refractivity contribution in [2.45, 2.75) is 44.3 Å². The number of carboxylic acid groups (broad SMARTS) is 1. The molecule has 2 heterocycles. The van der Waals surface area contributed by atoms with Gasteiger partial charge in [-0.3, -0.25) is 9.48 Å². The number of carboxylic acids is 1. The van der Waals surface area contributed by atoms with E-state index in [9.17, 15) is 18.3 Å². The van der Waals surface area contributed by atoms with Gasteiger partial charge in [0.1, 0.15) is 0 Å². The van der Waals surface area contributed by atoms with E-state index in [-0.39, 0.29) is 5.03 Å². The Balaban J connectivity index is 2.36. The lowest BCUT2D eigenvalue weighted by atomic mass is 9.92. The van der Waals surface area contributed by atoms with Crippen molar-refractivity contribution in [3.05, 3.63) is 12.3 Å². The Hall–Kier alpha value is -1.41. The highest BCUT2D eigenvalue weighted by Crippen LogP contribution is 2.29. The summed E-state index contributed by atoms with van der Waals surface area (Å²) in [5.74, 6) is -1.60. The van der Waals surface area contributed by atoms with Gasteiger partial charge in [0.2, 0.25) is 0 Å². The average molecular weight is 301 g/mol. The fourth-order valence-corrected chi connectivity index (χ4v) is 4.55. The minimum atomic E-state index is -3.71. The molecule has 1 N–H and O–H groups in total. The van der Waals surface area contributed by atoms with E-state index in [0.717, 1.165) is 0 Å². The summed E-state index contributed by atoms with van der Waals surface area (Å²) in [5, 5.41) is 13.3. The summed E-state index contributed by atoms with van der Waals surface area (Å²) in [6.07, 6.45) is 2.51. The van der Waals surface area contributed by atoms with Crippen molar-refractivity contribution in [2.24, 2.45) is 5.92 Å². The quantitative estimate of drug-likeness (QED) is 0.887. The van der Waals surface area contributed by atoms with Crippen LogP contribution < -0.4 is 0 Å². The Morgan fingerprint density at radius 3 is 2.85 bits per heavy atom. The summed E-state index contributed by atoms with van der Waals surface area (Å²) >= 11 is 0. The van der Waals surface area contributed by atoms with Crippen LogP contribution in [0.4, 0.5) is 0 Å². The number of carbonyl (C=O) groups is 1. The van der Waals surface area contributed by atoms with Gasteiger partial charge in [-0.1, -0.05) is 0 Å². The molecule has 1 aromatic heterocycles. The number of sulfonamides is 1. The maximum absolute atomic E-state index is 12.7. The number of aromatic nitrogens is 2. The van der Waals surface area contributed by atoms with E-state index in [2.05, 4.69) is 5.10 Å². The second-order valence-corrected chi connectivity index (χ2v) is 6.77. The third-order valence-electron chi connectivity index (χ3n) is 3.80. The van der Waals surface area contributed by atoms with E-state index in [1.54, 1.807) is 6.92 Å². The zero-order valence-corrected chi connectivity index (χ0v) is 12.4. The summed E-state index contributed by atoms with van der Waals surface area (Å²) in [7, 11) is -3.71. The van der Waals surface area contributed by atoms with Crippen molar-refractivity contribution in [3.63, 3.8) is 0 Å². The van der Waals surface area contributed by atoms with Gasteiger partial charge in [0.05, 0.1) is 12.1 Å². The standard InChI is InChI=1S/C12H19N3O4S/c1-3-14-11(6-7-13-14)20(18,19)15-8-4-5-10(9(15)2)12(16)17/h6-7,9-10H,3-5,8H2,1-2H3,(H,16,17)/t9-,10-/m0/s1. The van der Waals surface area contributed by atoms with Gasteiger partial charge in [-0.25, -0.2) is 8.42 Å². The van der Waals surface area contributed by atoms with Crippen LogP contribution in [0.15, 0.2) is 17.3 Å². The predicted molar refractivity (Wildman–Crippen MR) is 71.6 cm³/mol. The van der Waals surface area contributed by atoms with Crippen molar-refractivity contribution in [2.75, 3.05) is 6.54 Å². The molecular weight excluding hydrogens is 282 g/mol. The normalized spacial score (nSPS) is 24.7. The molecule has 1 aliphatic rings. The fraction of sp³-hybridized carbons (Fsp3) is 0.667. The van der Waals surface area contributed by atoms with Crippen molar-refractivity contribution >= 4 is 16.0 Å². The van der Waals surface area contributed by atoms with Crippen LogP contribution in [0.3, 0.4) is 0 Å². The molecule has 0 aliphatic carbocycles. The van der Waals surface area contributed by atoms with Gasteiger partial charge in [0.25, 0.3) is 10.0 Å². The van der Waals surface area contributed by atoms with Crippen LogP contribution >= 0.6 is 0 Å². The van der Waals surface area contributed by atoms with Gasteiger partial charge in [-0.15, -0.1) is 0 Å². The molecule has 112 valence electrons. The Kier molecular flexibility index (Phi) is 4.14. The SMILES string of the molecule is CCn1nccc1S(=O)(=O)N1CCC[C@H](C(=O)O)[C@@H]1C. The van der Waals surface area contributed by atoms with Gasteiger partial charge in [-0.05, 0) is 32.8 Å². The Morgan fingerprint density at radius 1 is 1.55 bits per heavy atom. The van der Waals surface area contributed by atoms with Crippen molar-refractivity contribution in [3.8, 4) is 0 Å². The number of aryl methyl sites for hydroxylation is 1. The summed E-state index contributed by atoms with van der Waals surface area (Å²) in [4.78, 5) is 11.2. The van der Waals surface area contributed by atoms with Crippen LogP contribution in [0.2, 0.25) is 0 Å². The molecule has 8 heteroatoms. The molecule has 0 bridgehead atoms. The molecule has 2 rings (SSSR count). The molecule has 7 nitrogen and oxygen atoms in total. The number of nitrogens with zero attached hydrogens (tertiary/aromatic N) is 3. The van der Waals surface area contributed by atoms with Gasteiger partial charge in [0.15, 0.2) is 5.03 Å². The van der Waals surface area contributed by atoms with E-state index >= 15 is 0 Å². The number of hydrogen-bond donors (Lipinski definition) is 1. The van der Waals surface area contributed by atoms with E-state index in [0.29, 0.717) is 25.9 Å². The number of aliphatic carboxylic acids is 1. The van der Waals surface area contributed by atoms with Crippen LogP contribution in [0, 0.1) is 5.92 Å². The van der Waals surface area contributed by atoms with Gasteiger partial charge in [0, 0.05) is 19.1 Å². The smallest absolute Gasteiger partial charge is 0.308 e. The van der Waals surface area contributed by atoms with E-state index in [4.69, 9.17) is 0 Å². The van der Waals surface area contributed by atoms with Gasteiger partial charge >= 0.3 is 5.97 Å². The minimum Gasteiger partial charge on any atom is -0.481 e. The lowest BCUT2D eigenvalue weighted by Crippen LogP contribution is -2.49. The predicted octanol–water partition coefficient (Wildman–Crippen LogP) is 0.777. The topological polar surface area (TPSA) is 92.5 Å². The molecule has 0 saturated carbocycles. The molecule has 2 atom stereocenters. The van der Waals surface area contributed by atoms with E-state index < -0.39 is 28.0 Å². The van der Waals surface area contributed by atoms with E-state index in [1.165, 1.54) is 21.3 Å². The van der Waals surface area contributed by atoms with Crippen LogP contribution in [-0.4, -0.2) is 46.2 Å². The highest BCUT2D eigenvalue weighted by atomic mass is 32.2. The van der Waals surface area contributed by atoms with Crippen LogP contribution in [0.5, 0.6) is 0 Å². The average Bonchev–Trinajstić information content (AvgIpc) is 2.87. The third-order valence-corrected chi connectivity index (χ3v) is 5.81. The maximum Gasteiger partial charge on any atom is 0.308 e. The van der Waals surface area contributed by atoms with Crippen molar-refractivity contribution < 1.29 is 18.3 Å².